The maximum Gasteiger partial charge on any atom is 0.148 e. The first-order valence-electron chi connectivity index (χ1n) is 7.81. The van der Waals surface area contributed by atoms with Crippen LogP contribution in [0.1, 0.15) is 56.8 Å². The molecule has 118 valence electrons. The predicted molar refractivity (Wildman–Crippen MR) is 85.4 cm³/mol. The topological polar surface area (TPSA) is 87.3 Å². The van der Waals surface area contributed by atoms with Crippen molar-refractivity contribution in [2.24, 2.45) is 5.84 Å². The third-order valence-corrected chi connectivity index (χ3v) is 4.15. The molecule has 6 heteroatoms. The fraction of sp³-hybridized carbons (Fsp3) is 0.733. The molecule has 1 unspecified atom stereocenters. The van der Waals surface area contributed by atoms with E-state index in [0.717, 1.165) is 43.0 Å². The van der Waals surface area contributed by atoms with E-state index in [1.165, 1.54) is 6.42 Å². The molecule has 1 fully saturated rings. The molecule has 1 aromatic heterocycles. The second-order valence-electron chi connectivity index (χ2n) is 6.03. The molecule has 1 atom stereocenters. The van der Waals surface area contributed by atoms with Crippen molar-refractivity contribution in [3.63, 3.8) is 0 Å². The van der Waals surface area contributed by atoms with Gasteiger partial charge >= 0.3 is 0 Å². The molecule has 1 saturated heterocycles. The van der Waals surface area contributed by atoms with E-state index in [-0.39, 0.29) is 12.5 Å². The number of aliphatic hydroxyl groups excluding tert-OH is 1. The number of hydrogen-bond acceptors (Lipinski definition) is 6. The van der Waals surface area contributed by atoms with Gasteiger partial charge in [-0.3, -0.25) is 0 Å². The second-order valence-corrected chi connectivity index (χ2v) is 6.03. The highest BCUT2D eigenvalue weighted by atomic mass is 16.3. The summed E-state index contributed by atoms with van der Waals surface area (Å²) in [4.78, 5) is 11.6. The molecule has 1 aliphatic heterocycles. The van der Waals surface area contributed by atoms with Crippen LogP contribution in [0.3, 0.4) is 0 Å². The smallest absolute Gasteiger partial charge is 0.148 e. The first-order valence-corrected chi connectivity index (χ1v) is 7.81. The Balaban J connectivity index is 2.42. The average molecular weight is 293 g/mol. The molecule has 0 spiro atoms. The van der Waals surface area contributed by atoms with Crippen LogP contribution in [0.25, 0.3) is 0 Å². The van der Waals surface area contributed by atoms with Crippen molar-refractivity contribution in [2.75, 3.05) is 23.5 Å². The van der Waals surface area contributed by atoms with E-state index in [1.54, 1.807) is 0 Å². The van der Waals surface area contributed by atoms with E-state index in [0.29, 0.717) is 11.9 Å². The van der Waals surface area contributed by atoms with Crippen LogP contribution in [0, 0.1) is 6.92 Å². The fourth-order valence-electron chi connectivity index (χ4n) is 2.93. The number of nitrogen functional groups attached to an aromatic ring is 1. The Kier molecular flexibility index (Phi) is 5.36. The average Bonchev–Trinajstić information content (AvgIpc) is 2.48. The zero-order valence-corrected chi connectivity index (χ0v) is 13.3. The van der Waals surface area contributed by atoms with Crippen LogP contribution < -0.4 is 16.2 Å². The third-order valence-electron chi connectivity index (χ3n) is 4.15. The second kappa shape index (κ2) is 7.04. The quantitative estimate of drug-likeness (QED) is 0.568. The van der Waals surface area contributed by atoms with Gasteiger partial charge in [-0.25, -0.2) is 15.8 Å². The Morgan fingerprint density at radius 2 is 2.14 bits per heavy atom. The minimum absolute atomic E-state index is 0.213. The number of nitrogens with zero attached hydrogens (tertiary/aromatic N) is 3. The summed E-state index contributed by atoms with van der Waals surface area (Å²) < 4.78 is 0. The van der Waals surface area contributed by atoms with Crippen LogP contribution >= 0.6 is 0 Å². The SMILES string of the molecule is Cc1c(NN)nc(C(C)C)nc1N1CCCCC1CCO. The van der Waals surface area contributed by atoms with Gasteiger partial charge in [0.05, 0.1) is 0 Å². The van der Waals surface area contributed by atoms with Crippen molar-refractivity contribution in [1.82, 2.24) is 9.97 Å². The highest BCUT2D eigenvalue weighted by molar-refractivity contribution is 5.59. The van der Waals surface area contributed by atoms with Crippen molar-refractivity contribution in [3.05, 3.63) is 11.4 Å². The van der Waals surface area contributed by atoms with Crippen LogP contribution in [-0.4, -0.2) is 34.3 Å². The molecule has 0 saturated carbocycles. The molecule has 0 radical (unpaired) electrons. The van der Waals surface area contributed by atoms with Gasteiger partial charge in [-0.15, -0.1) is 0 Å². The Bertz CT molecular complexity index is 475. The number of nitrogens with two attached hydrogens (primary N) is 1. The summed E-state index contributed by atoms with van der Waals surface area (Å²) in [6.45, 7) is 7.35. The Morgan fingerprint density at radius 3 is 2.76 bits per heavy atom. The maximum atomic E-state index is 9.30. The van der Waals surface area contributed by atoms with Gasteiger partial charge in [-0.2, -0.15) is 0 Å². The number of aromatic nitrogens is 2. The van der Waals surface area contributed by atoms with Crippen molar-refractivity contribution in [2.45, 2.75) is 58.4 Å². The lowest BCUT2D eigenvalue weighted by atomic mass is 9.99. The van der Waals surface area contributed by atoms with E-state index < -0.39 is 0 Å². The Morgan fingerprint density at radius 1 is 1.38 bits per heavy atom. The van der Waals surface area contributed by atoms with Crippen LogP contribution in [-0.2, 0) is 0 Å². The largest absolute Gasteiger partial charge is 0.396 e. The predicted octanol–water partition coefficient (Wildman–Crippen LogP) is 1.94. The molecule has 0 aliphatic carbocycles. The molecule has 1 aliphatic rings. The minimum Gasteiger partial charge on any atom is -0.396 e. The first kappa shape index (κ1) is 16.0. The summed E-state index contributed by atoms with van der Waals surface area (Å²) in [7, 11) is 0. The number of piperidine rings is 1. The normalized spacial score (nSPS) is 19.1. The van der Waals surface area contributed by atoms with Gasteiger partial charge in [-0.1, -0.05) is 13.8 Å². The molecule has 0 amide bonds. The molecule has 4 N–H and O–H groups in total. The van der Waals surface area contributed by atoms with E-state index in [4.69, 9.17) is 10.8 Å². The van der Waals surface area contributed by atoms with Crippen molar-refractivity contribution < 1.29 is 5.11 Å². The number of hydrogen-bond donors (Lipinski definition) is 3. The zero-order chi connectivity index (χ0) is 15.4. The molecular weight excluding hydrogens is 266 g/mol. The van der Waals surface area contributed by atoms with Crippen LogP contribution in [0.5, 0.6) is 0 Å². The van der Waals surface area contributed by atoms with E-state index in [1.807, 2.05) is 6.92 Å². The van der Waals surface area contributed by atoms with Gasteiger partial charge in [0.1, 0.15) is 17.5 Å². The lowest BCUT2D eigenvalue weighted by Gasteiger charge is -2.37. The van der Waals surface area contributed by atoms with Crippen molar-refractivity contribution in [3.8, 4) is 0 Å². The number of anilines is 2. The minimum atomic E-state index is 0.213. The number of aliphatic hydroxyl groups is 1. The van der Waals surface area contributed by atoms with Gasteiger partial charge in [0, 0.05) is 30.7 Å². The first-order chi connectivity index (χ1) is 10.1. The summed E-state index contributed by atoms with van der Waals surface area (Å²) in [5.41, 5.74) is 3.67. The molecule has 21 heavy (non-hydrogen) atoms. The Hall–Kier alpha value is -1.40. The van der Waals surface area contributed by atoms with Gasteiger partial charge < -0.3 is 15.4 Å². The molecule has 0 aromatic carbocycles. The standard InChI is InChI=1S/C15H27N5O/c1-10(2)13-17-14(19-16)11(3)15(18-13)20-8-5-4-6-12(20)7-9-21/h10,12,21H,4-9,16H2,1-3H3,(H,17,18,19). The van der Waals surface area contributed by atoms with Crippen LogP contribution in [0.2, 0.25) is 0 Å². The van der Waals surface area contributed by atoms with E-state index in [9.17, 15) is 5.11 Å². The maximum absolute atomic E-state index is 9.30. The summed E-state index contributed by atoms with van der Waals surface area (Å²) in [5, 5.41) is 9.30. The van der Waals surface area contributed by atoms with E-state index in [2.05, 4.69) is 29.2 Å². The monoisotopic (exact) mass is 293 g/mol. The lowest BCUT2D eigenvalue weighted by Crippen LogP contribution is -2.41. The number of rotatable bonds is 5. The third kappa shape index (κ3) is 3.44. The fourth-order valence-corrected chi connectivity index (χ4v) is 2.93. The summed E-state index contributed by atoms with van der Waals surface area (Å²) >= 11 is 0. The lowest BCUT2D eigenvalue weighted by molar-refractivity contribution is 0.262. The van der Waals surface area contributed by atoms with Gasteiger partial charge in [0.2, 0.25) is 0 Å². The summed E-state index contributed by atoms with van der Waals surface area (Å²) in [5.74, 6) is 8.31. The van der Waals surface area contributed by atoms with E-state index >= 15 is 0 Å². The molecular formula is C15H27N5O. The van der Waals surface area contributed by atoms with Crippen molar-refractivity contribution in [1.29, 1.82) is 0 Å². The molecule has 2 heterocycles. The molecule has 1 aromatic rings. The van der Waals surface area contributed by atoms with Gasteiger partial charge in [0.15, 0.2) is 0 Å². The molecule has 2 rings (SSSR count). The molecule has 6 nitrogen and oxygen atoms in total. The van der Waals surface area contributed by atoms with Crippen LogP contribution in [0.4, 0.5) is 11.6 Å². The highest BCUT2D eigenvalue weighted by Gasteiger charge is 2.26. The zero-order valence-electron chi connectivity index (χ0n) is 13.3. The highest BCUT2D eigenvalue weighted by Crippen LogP contribution is 2.31. The number of hydrazine groups is 1. The van der Waals surface area contributed by atoms with Gasteiger partial charge in [0.25, 0.3) is 0 Å². The molecule has 0 bridgehead atoms. The summed E-state index contributed by atoms with van der Waals surface area (Å²) in [6, 6.07) is 0.350. The Labute approximate surface area is 126 Å². The van der Waals surface area contributed by atoms with Crippen LogP contribution in [0.15, 0.2) is 0 Å². The summed E-state index contributed by atoms with van der Waals surface area (Å²) in [6.07, 6.45) is 4.26. The van der Waals surface area contributed by atoms with Gasteiger partial charge in [-0.05, 0) is 32.6 Å². The number of nitrogens with one attached hydrogen (secondary N) is 1. The van der Waals surface area contributed by atoms with Crippen molar-refractivity contribution >= 4 is 11.6 Å².